The molecule has 1 amide bonds. The molecule has 0 atom stereocenters. The maximum Gasteiger partial charge on any atom is 0.243 e. The Hall–Kier alpha value is -2.57. The van der Waals surface area contributed by atoms with Crippen LogP contribution in [0.1, 0.15) is 30.9 Å². The highest BCUT2D eigenvalue weighted by atomic mass is 35.5. The Morgan fingerprint density at radius 3 is 2.47 bits per heavy atom. The van der Waals surface area contributed by atoms with Gasteiger partial charge in [-0.25, -0.2) is 5.43 Å². The molecule has 1 N–H and O–H groups in total. The number of halogens is 1. The Labute approximate surface area is 182 Å². The van der Waals surface area contributed by atoms with Gasteiger partial charge in [0.2, 0.25) is 5.91 Å². The lowest BCUT2D eigenvalue weighted by Gasteiger charge is -2.31. The maximum absolute atomic E-state index is 12.6. The molecule has 0 saturated carbocycles. The van der Waals surface area contributed by atoms with Crippen molar-refractivity contribution in [3.05, 3.63) is 58.6 Å². The van der Waals surface area contributed by atoms with E-state index in [0.717, 1.165) is 43.1 Å². The zero-order valence-corrected chi connectivity index (χ0v) is 18.4. The summed E-state index contributed by atoms with van der Waals surface area (Å²) in [4.78, 5) is 15.0. The minimum Gasteiger partial charge on any atom is -0.497 e. The summed E-state index contributed by atoms with van der Waals surface area (Å²) in [5.74, 6) is 1.30. The van der Waals surface area contributed by atoms with Crippen molar-refractivity contribution in [2.75, 3.05) is 27.3 Å². The van der Waals surface area contributed by atoms with Crippen molar-refractivity contribution in [3.8, 4) is 11.5 Å². The summed E-state index contributed by atoms with van der Waals surface area (Å²) >= 11 is 5.95. The maximum atomic E-state index is 12.6. The number of benzene rings is 2. The van der Waals surface area contributed by atoms with E-state index >= 15 is 0 Å². The Balaban J connectivity index is 1.52. The molecule has 1 heterocycles. The van der Waals surface area contributed by atoms with Gasteiger partial charge in [0.05, 0.1) is 19.9 Å². The normalized spacial score (nSPS) is 15.7. The molecule has 0 radical (unpaired) electrons. The number of hydrogen-bond donors (Lipinski definition) is 1. The molecule has 3 rings (SSSR count). The first-order valence-corrected chi connectivity index (χ1v) is 10.4. The Bertz CT molecular complexity index is 891. The molecule has 1 aliphatic heterocycles. The van der Waals surface area contributed by atoms with Crippen molar-refractivity contribution in [3.63, 3.8) is 0 Å². The Kier molecular flexibility index (Phi) is 7.71. The van der Waals surface area contributed by atoms with Crippen LogP contribution in [0.5, 0.6) is 11.5 Å². The van der Waals surface area contributed by atoms with Crippen LogP contribution < -0.4 is 14.9 Å². The molecule has 1 fully saturated rings. The van der Waals surface area contributed by atoms with Gasteiger partial charge in [-0.1, -0.05) is 23.7 Å². The predicted octanol–water partition coefficient (Wildman–Crippen LogP) is 4.11. The Morgan fingerprint density at radius 2 is 1.83 bits per heavy atom. The summed E-state index contributed by atoms with van der Waals surface area (Å²) in [5, 5.41) is 5.05. The van der Waals surface area contributed by atoms with E-state index in [1.54, 1.807) is 20.3 Å². The summed E-state index contributed by atoms with van der Waals surface area (Å²) in [7, 11) is 3.21. The van der Waals surface area contributed by atoms with Gasteiger partial charge in [0.15, 0.2) is 0 Å². The lowest BCUT2D eigenvalue weighted by Crippen LogP contribution is -2.39. The van der Waals surface area contributed by atoms with E-state index < -0.39 is 0 Å². The highest BCUT2D eigenvalue weighted by molar-refractivity contribution is 6.30. The third-order valence-corrected chi connectivity index (χ3v) is 5.66. The van der Waals surface area contributed by atoms with Crippen LogP contribution >= 0.6 is 11.6 Å². The Morgan fingerprint density at radius 1 is 1.13 bits per heavy atom. The molecule has 0 aromatic heterocycles. The summed E-state index contributed by atoms with van der Waals surface area (Å²) in [6, 6.07) is 13.4. The first kappa shape index (κ1) is 22.1. The van der Waals surface area contributed by atoms with Crippen molar-refractivity contribution >= 4 is 23.2 Å². The standard InChI is InChI=1S/C23H28ClN3O3/c1-16(21-9-8-20(29-2)14-22(21)30-3)25-26-23(28)18-10-12-27(13-11-18)15-17-4-6-19(24)7-5-17/h4-9,14,18H,10-13,15H2,1-3H3,(H,26,28)/b25-16-. The largest absolute Gasteiger partial charge is 0.497 e. The molecule has 0 unspecified atom stereocenters. The third-order valence-electron chi connectivity index (χ3n) is 5.41. The van der Waals surface area contributed by atoms with Crippen molar-refractivity contribution in [1.82, 2.24) is 10.3 Å². The van der Waals surface area contributed by atoms with Crippen molar-refractivity contribution in [2.24, 2.45) is 11.0 Å². The van der Waals surface area contributed by atoms with Crippen LogP contribution in [0.3, 0.4) is 0 Å². The molecule has 2 aromatic rings. The van der Waals surface area contributed by atoms with E-state index in [-0.39, 0.29) is 11.8 Å². The van der Waals surface area contributed by atoms with Gasteiger partial charge in [0.25, 0.3) is 0 Å². The number of piperidine rings is 1. The summed E-state index contributed by atoms with van der Waals surface area (Å²) < 4.78 is 10.6. The third kappa shape index (κ3) is 5.74. The van der Waals surface area contributed by atoms with Crippen LogP contribution in [-0.2, 0) is 11.3 Å². The molecule has 6 nitrogen and oxygen atoms in total. The zero-order valence-electron chi connectivity index (χ0n) is 17.7. The molecule has 1 aliphatic rings. The summed E-state index contributed by atoms with van der Waals surface area (Å²) in [5.41, 5.74) is 5.46. The van der Waals surface area contributed by atoms with Crippen LogP contribution in [0, 0.1) is 5.92 Å². The molecule has 30 heavy (non-hydrogen) atoms. The fraction of sp³-hybridized carbons (Fsp3) is 0.391. The number of ether oxygens (including phenoxy) is 2. The number of methoxy groups -OCH3 is 2. The van der Waals surface area contributed by atoms with E-state index in [0.29, 0.717) is 17.2 Å². The van der Waals surface area contributed by atoms with Crippen LogP contribution in [0.25, 0.3) is 0 Å². The topological polar surface area (TPSA) is 63.2 Å². The average molecular weight is 430 g/mol. The number of nitrogens with zero attached hydrogens (tertiary/aromatic N) is 2. The number of rotatable bonds is 7. The van der Waals surface area contributed by atoms with Crippen LogP contribution in [-0.4, -0.2) is 43.8 Å². The molecule has 0 aliphatic carbocycles. The van der Waals surface area contributed by atoms with Gasteiger partial charge in [-0.2, -0.15) is 5.10 Å². The number of likely N-dealkylation sites (tertiary alicyclic amines) is 1. The van der Waals surface area contributed by atoms with Gasteiger partial charge < -0.3 is 9.47 Å². The summed E-state index contributed by atoms with van der Waals surface area (Å²) in [6.07, 6.45) is 1.64. The fourth-order valence-electron chi connectivity index (χ4n) is 3.59. The van der Waals surface area contributed by atoms with Crippen molar-refractivity contribution in [2.45, 2.75) is 26.3 Å². The van der Waals surface area contributed by atoms with Crippen molar-refractivity contribution < 1.29 is 14.3 Å². The lowest BCUT2D eigenvalue weighted by atomic mass is 9.96. The molecule has 2 aromatic carbocycles. The highest BCUT2D eigenvalue weighted by Crippen LogP contribution is 2.25. The van der Waals surface area contributed by atoms with E-state index in [1.165, 1.54) is 5.56 Å². The second kappa shape index (κ2) is 10.5. The molecular weight excluding hydrogens is 402 g/mol. The smallest absolute Gasteiger partial charge is 0.243 e. The highest BCUT2D eigenvalue weighted by Gasteiger charge is 2.25. The lowest BCUT2D eigenvalue weighted by molar-refractivity contribution is -0.126. The van der Waals surface area contributed by atoms with E-state index in [2.05, 4.69) is 15.4 Å². The quantitative estimate of drug-likeness (QED) is 0.531. The number of hydrogen-bond acceptors (Lipinski definition) is 5. The van der Waals surface area contributed by atoms with E-state index in [4.69, 9.17) is 21.1 Å². The zero-order chi connectivity index (χ0) is 21.5. The molecule has 1 saturated heterocycles. The number of carbonyl (C=O) groups excluding carboxylic acids is 1. The number of nitrogens with one attached hydrogen (secondary N) is 1. The first-order valence-electron chi connectivity index (χ1n) is 10.0. The second-order valence-electron chi connectivity index (χ2n) is 7.42. The van der Waals surface area contributed by atoms with Gasteiger partial charge >= 0.3 is 0 Å². The van der Waals surface area contributed by atoms with Crippen LogP contribution in [0.2, 0.25) is 5.02 Å². The van der Waals surface area contributed by atoms with Crippen LogP contribution in [0.4, 0.5) is 0 Å². The SMILES string of the molecule is COc1ccc(/C(C)=N\NC(=O)C2CCN(Cc3ccc(Cl)cc3)CC2)c(OC)c1. The summed E-state index contributed by atoms with van der Waals surface area (Å²) in [6.45, 7) is 4.49. The van der Waals surface area contributed by atoms with Gasteiger partial charge in [0.1, 0.15) is 11.5 Å². The van der Waals surface area contributed by atoms with Gasteiger partial charge in [0, 0.05) is 29.1 Å². The average Bonchev–Trinajstić information content (AvgIpc) is 2.78. The predicted molar refractivity (Wildman–Crippen MR) is 119 cm³/mol. The van der Waals surface area contributed by atoms with Gasteiger partial charge in [-0.3, -0.25) is 9.69 Å². The van der Waals surface area contributed by atoms with Crippen molar-refractivity contribution in [1.29, 1.82) is 0 Å². The monoisotopic (exact) mass is 429 g/mol. The van der Waals surface area contributed by atoms with E-state index in [9.17, 15) is 4.79 Å². The van der Waals surface area contributed by atoms with Crippen LogP contribution in [0.15, 0.2) is 47.6 Å². The van der Waals surface area contributed by atoms with Gasteiger partial charge in [-0.05, 0) is 62.7 Å². The number of carbonyl (C=O) groups is 1. The van der Waals surface area contributed by atoms with E-state index in [1.807, 2.05) is 43.3 Å². The minimum absolute atomic E-state index is 0.0271. The molecule has 7 heteroatoms. The molecular formula is C23H28ClN3O3. The molecule has 0 bridgehead atoms. The van der Waals surface area contributed by atoms with Gasteiger partial charge in [-0.15, -0.1) is 0 Å². The minimum atomic E-state index is -0.0343. The first-order chi connectivity index (χ1) is 14.5. The molecule has 0 spiro atoms. The second-order valence-corrected chi connectivity index (χ2v) is 7.85. The molecule has 160 valence electrons. The number of hydrazone groups is 1. The fourth-order valence-corrected chi connectivity index (χ4v) is 3.72. The number of amides is 1.